The number of carbonyl (C=O) groups is 2. The fraction of sp³-hybridized carbons (Fsp3) is 0.458. The number of rotatable bonds is 4. The highest BCUT2D eigenvalue weighted by Gasteiger charge is 2.37. The van der Waals surface area contributed by atoms with Crippen LogP contribution in [0.1, 0.15) is 37.4 Å². The topological polar surface area (TPSA) is 83.4 Å². The van der Waals surface area contributed by atoms with E-state index in [2.05, 4.69) is 10.6 Å². The van der Waals surface area contributed by atoms with E-state index in [0.29, 0.717) is 30.3 Å². The predicted octanol–water partition coefficient (Wildman–Crippen LogP) is 3.60. The SMILES string of the molecule is Cc1ccc(Cl)cc1NC(=O)[C@@H](NC(=O)N1CC2CC(C1)c1cccc(=O)n1C2)C(C)C. The first kappa shape index (κ1) is 22.4. The number of anilines is 1. The summed E-state index contributed by atoms with van der Waals surface area (Å²) in [6.07, 6.45) is 0.968. The second kappa shape index (κ2) is 8.98. The van der Waals surface area contributed by atoms with Crippen LogP contribution in [0.4, 0.5) is 10.5 Å². The Morgan fingerprint density at radius 2 is 1.91 bits per heavy atom. The molecule has 1 aromatic heterocycles. The van der Waals surface area contributed by atoms with E-state index < -0.39 is 6.04 Å². The van der Waals surface area contributed by atoms with Gasteiger partial charge in [0.05, 0.1) is 0 Å². The largest absolute Gasteiger partial charge is 0.326 e. The zero-order valence-corrected chi connectivity index (χ0v) is 19.4. The lowest BCUT2D eigenvalue weighted by molar-refractivity contribution is -0.118. The Labute approximate surface area is 192 Å². The first-order chi connectivity index (χ1) is 15.2. The third kappa shape index (κ3) is 4.53. The van der Waals surface area contributed by atoms with Crippen molar-refractivity contribution in [2.75, 3.05) is 18.4 Å². The molecule has 3 heterocycles. The second-order valence-corrected chi connectivity index (χ2v) is 9.66. The molecule has 2 N–H and O–H groups in total. The molecule has 170 valence electrons. The fourth-order valence-corrected chi connectivity index (χ4v) is 4.93. The summed E-state index contributed by atoms with van der Waals surface area (Å²) in [7, 11) is 0. The molecule has 0 spiro atoms. The fourth-order valence-electron chi connectivity index (χ4n) is 4.76. The van der Waals surface area contributed by atoms with Crippen LogP contribution >= 0.6 is 11.6 Å². The van der Waals surface area contributed by atoms with Crippen LogP contribution in [0.3, 0.4) is 0 Å². The molecule has 2 aromatic rings. The summed E-state index contributed by atoms with van der Waals surface area (Å²) >= 11 is 6.07. The normalized spacial score (nSPS) is 20.5. The van der Waals surface area contributed by atoms with Gasteiger partial charge in [0.25, 0.3) is 5.56 Å². The Bertz CT molecular complexity index is 1100. The summed E-state index contributed by atoms with van der Waals surface area (Å²) in [4.78, 5) is 40.2. The number of amides is 3. The van der Waals surface area contributed by atoms with Gasteiger partial charge in [-0.2, -0.15) is 0 Å². The second-order valence-electron chi connectivity index (χ2n) is 9.22. The molecular formula is C24H29ClN4O3. The molecule has 2 unspecified atom stereocenters. The van der Waals surface area contributed by atoms with Gasteiger partial charge in [-0.05, 0) is 48.9 Å². The monoisotopic (exact) mass is 456 g/mol. The Kier molecular flexibility index (Phi) is 6.29. The van der Waals surface area contributed by atoms with Gasteiger partial charge in [0.2, 0.25) is 5.91 Å². The van der Waals surface area contributed by atoms with Gasteiger partial charge in [0, 0.05) is 48.0 Å². The summed E-state index contributed by atoms with van der Waals surface area (Å²) in [6, 6.07) is 9.73. The average Bonchev–Trinajstić information content (AvgIpc) is 2.74. The number of carbonyl (C=O) groups excluding carboxylic acids is 2. The molecule has 0 radical (unpaired) electrons. The summed E-state index contributed by atoms with van der Waals surface area (Å²) in [5.41, 5.74) is 2.54. The molecule has 1 fully saturated rings. The van der Waals surface area contributed by atoms with E-state index in [-0.39, 0.29) is 35.3 Å². The van der Waals surface area contributed by atoms with Crippen molar-refractivity contribution in [2.24, 2.45) is 11.8 Å². The minimum absolute atomic E-state index is 0.0166. The van der Waals surface area contributed by atoms with Crippen LogP contribution in [0, 0.1) is 18.8 Å². The molecule has 2 aliphatic rings. The van der Waals surface area contributed by atoms with Gasteiger partial charge in [-0.25, -0.2) is 4.79 Å². The van der Waals surface area contributed by atoms with Gasteiger partial charge < -0.3 is 20.1 Å². The number of nitrogens with one attached hydrogen (secondary N) is 2. The van der Waals surface area contributed by atoms with Crippen LogP contribution in [-0.2, 0) is 11.3 Å². The van der Waals surface area contributed by atoms with E-state index in [4.69, 9.17) is 11.6 Å². The maximum atomic E-state index is 13.1. The number of fused-ring (bicyclic) bond motifs is 4. The smallest absolute Gasteiger partial charge is 0.318 e. The highest BCUT2D eigenvalue weighted by atomic mass is 35.5. The predicted molar refractivity (Wildman–Crippen MR) is 125 cm³/mol. The molecular weight excluding hydrogens is 428 g/mol. The van der Waals surface area contributed by atoms with E-state index in [1.54, 1.807) is 29.2 Å². The van der Waals surface area contributed by atoms with Crippen molar-refractivity contribution >= 4 is 29.2 Å². The number of urea groups is 1. The average molecular weight is 457 g/mol. The minimum atomic E-state index is -0.683. The Hall–Kier alpha value is -2.80. The van der Waals surface area contributed by atoms with E-state index in [0.717, 1.165) is 17.7 Å². The van der Waals surface area contributed by atoms with E-state index in [9.17, 15) is 14.4 Å². The zero-order valence-electron chi connectivity index (χ0n) is 18.6. The van der Waals surface area contributed by atoms with Gasteiger partial charge in [-0.1, -0.05) is 37.6 Å². The Morgan fingerprint density at radius 1 is 1.12 bits per heavy atom. The van der Waals surface area contributed by atoms with E-state index in [1.165, 1.54) is 0 Å². The number of pyridine rings is 1. The third-order valence-corrected chi connectivity index (χ3v) is 6.69. The summed E-state index contributed by atoms with van der Waals surface area (Å²) < 4.78 is 1.84. The molecule has 3 atom stereocenters. The lowest BCUT2D eigenvalue weighted by Crippen LogP contribution is -2.56. The van der Waals surface area contributed by atoms with Crippen LogP contribution in [0.15, 0.2) is 41.2 Å². The van der Waals surface area contributed by atoms with Crippen LogP contribution in [0.2, 0.25) is 5.02 Å². The van der Waals surface area contributed by atoms with Crippen molar-refractivity contribution < 1.29 is 9.59 Å². The first-order valence-corrected chi connectivity index (χ1v) is 11.4. The lowest BCUT2D eigenvalue weighted by Gasteiger charge is -2.43. The minimum Gasteiger partial charge on any atom is -0.326 e. The quantitative estimate of drug-likeness (QED) is 0.737. The number of hydrogen-bond acceptors (Lipinski definition) is 3. The number of benzene rings is 1. The molecule has 4 rings (SSSR count). The summed E-state index contributed by atoms with van der Waals surface area (Å²) in [5, 5.41) is 6.38. The summed E-state index contributed by atoms with van der Waals surface area (Å²) in [5.74, 6) is -0.00928. The number of piperidine rings is 1. The van der Waals surface area contributed by atoms with Crippen LogP contribution < -0.4 is 16.2 Å². The summed E-state index contributed by atoms with van der Waals surface area (Å²) in [6.45, 7) is 7.43. The first-order valence-electron chi connectivity index (χ1n) is 11.0. The number of nitrogens with zero attached hydrogens (tertiary/aromatic N) is 2. The van der Waals surface area contributed by atoms with Crippen molar-refractivity contribution in [1.29, 1.82) is 0 Å². The molecule has 2 aliphatic heterocycles. The Balaban J connectivity index is 1.46. The van der Waals surface area contributed by atoms with Gasteiger partial charge in [-0.15, -0.1) is 0 Å². The lowest BCUT2D eigenvalue weighted by atomic mass is 9.83. The third-order valence-electron chi connectivity index (χ3n) is 6.45. The standard InChI is InChI=1S/C24H29ClN4O3/c1-14(2)22(23(31)26-19-10-18(25)8-7-15(19)3)27-24(32)28-11-16-9-17(13-28)20-5-4-6-21(30)29(20)12-16/h4-8,10,14,16-17,22H,9,11-13H2,1-3H3,(H,26,31)(H,27,32)/t16?,17?,22-/m0/s1. The molecule has 32 heavy (non-hydrogen) atoms. The van der Waals surface area contributed by atoms with E-state index >= 15 is 0 Å². The van der Waals surface area contributed by atoms with Gasteiger partial charge in [0.15, 0.2) is 0 Å². The number of aryl methyl sites for hydroxylation is 1. The zero-order chi connectivity index (χ0) is 23.0. The molecule has 2 bridgehead atoms. The molecule has 1 aromatic carbocycles. The number of aromatic nitrogens is 1. The number of hydrogen-bond donors (Lipinski definition) is 2. The number of halogens is 1. The van der Waals surface area contributed by atoms with Crippen molar-refractivity contribution in [3.05, 3.63) is 63.0 Å². The molecule has 8 heteroatoms. The van der Waals surface area contributed by atoms with Crippen LogP contribution in [0.25, 0.3) is 0 Å². The highest BCUT2D eigenvalue weighted by molar-refractivity contribution is 6.31. The molecule has 3 amide bonds. The Morgan fingerprint density at radius 3 is 2.66 bits per heavy atom. The van der Waals surface area contributed by atoms with Crippen LogP contribution in [-0.4, -0.2) is 40.5 Å². The maximum Gasteiger partial charge on any atom is 0.318 e. The van der Waals surface area contributed by atoms with E-state index in [1.807, 2.05) is 37.5 Å². The van der Waals surface area contributed by atoms with Crippen molar-refractivity contribution in [2.45, 2.75) is 45.7 Å². The van der Waals surface area contributed by atoms with Crippen molar-refractivity contribution in [1.82, 2.24) is 14.8 Å². The highest BCUT2D eigenvalue weighted by Crippen LogP contribution is 2.35. The van der Waals surface area contributed by atoms with Gasteiger partial charge in [-0.3, -0.25) is 9.59 Å². The molecule has 0 aliphatic carbocycles. The van der Waals surface area contributed by atoms with Gasteiger partial charge in [0.1, 0.15) is 6.04 Å². The van der Waals surface area contributed by atoms with Crippen LogP contribution in [0.5, 0.6) is 0 Å². The van der Waals surface area contributed by atoms with Gasteiger partial charge >= 0.3 is 6.03 Å². The molecule has 7 nitrogen and oxygen atoms in total. The van der Waals surface area contributed by atoms with Crippen molar-refractivity contribution in [3.63, 3.8) is 0 Å². The van der Waals surface area contributed by atoms with Crippen molar-refractivity contribution in [3.8, 4) is 0 Å². The molecule has 1 saturated heterocycles. The maximum absolute atomic E-state index is 13.1. The number of likely N-dealkylation sites (tertiary alicyclic amines) is 1. The molecule has 0 saturated carbocycles.